The van der Waals surface area contributed by atoms with Crippen LogP contribution < -0.4 is 5.73 Å². The van der Waals surface area contributed by atoms with Crippen molar-refractivity contribution in [2.45, 2.75) is 32.1 Å². The van der Waals surface area contributed by atoms with E-state index in [9.17, 15) is 4.79 Å². The third-order valence-corrected chi connectivity index (χ3v) is 2.04. The summed E-state index contributed by atoms with van der Waals surface area (Å²) in [6.07, 6.45) is 3.89. The molecule has 0 aromatic heterocycles. The summed E-state index contributed by atoms with van der Waals surface area (Å²) in [4.78, 5) is 10.8. The lowest BCUT2D eigenvalue weighted by Gasteiger charge is -2.01. The fraction of sp³-hybridized carbons (Fsp3) is 0.778. The predicted molar refractivity (Wildman–Crippen MR) is 55.6 cm³/mol. The van der Waals surface area contributed by atoms with Crippen LogP contribution in [-0.2, 0) is 4.79 Å². The maximum Gasteiger partial charge on any atom is 0.153 e. The number of halogens is 1. The van der Waals surface area contributed by atoms with E-state index in [-0.39, 0.29) is 18.1 Å². The van der Waals surface area contributed by atoms with Gasteiger partial charge in [0.1, 0.15) is 0 Å². The minimum atomic E-state index is -0.0644. The molecular weight excluding hydrogens is 188 g/mol. The maximum absolute atomic E-state index is 10.8. The van der Waals surface area contributed by atoms with Crippen molar-refractivity contribution < 1.29 is 4.79 Å². The van der Waals surface area contributed by atoms with Gasteiger partial charge in [0.15, 0.2) is 5.78 Å². The standard InChI is InChI=1S/C9H17ClN2O/c10-7-9(13)6-8(12)4-2-1-3-5-11/h12H,1-7,11H2. The zero-order valence-corrected chi connectivity index (χ0v) is 8.57. The highest BCUT2D eigenvalue weighted by Crippen LogP contribution is 2.02. The van der Waals surface area contributed by atoms with Gasteiger partial charge in [-0.05, 0) is 25.8 Å². The van der Waals surface area contributed by atoms with E-state index in [1.54, 1.807) is 0 Å². The molecule has 0 rings (SSSR count). The Labute approximate surface area is 84.1 Å². The Hall–Kier alpha value is -0.410. The van der Waals surface area contributed by atoms with Gasteiger partial charge in [0.05, 0.1) is 5.88 Å². The average molecular weight is 205 g/mol. The first kappa shape index (κ1) is 12.6. The summed E-state index contributed by atoms with van der Waals surface area (Å²) in [6.45, 7) is 0.702. The molecule has 4 heteroatoms. The molecule has 0 aliphatic heterocycles. The Balaban J connectivity index is 3.35. The van der Waals surface area contributed by atoms with Crippen molar-refractivity contribution >= 4 is 23.1 Å². The second-order valence-electron chi connectivity index (χ2n) is 3.05. The van der Waals surface area contributed by atoms with Crippen LogP contribution in [0.1, 0.15) is 32.1 Å². The molecule has 0 fully saturated rings. The monoisotopic (exact) mass is 204 g/mol. The Morgan fingerprint density at radius 3 is 2.54 bits per heavy atom. The predicted octanol–water partition coefficient (Wildman–Crippen LogP) is 1.72. The van der Waals surface area contributed by atoms with Gasteiger partial charge in [0.2, 0.25) is 0 Å². The van der Waals surface area contributed by atoms with Crippen molar-refractivity contribution in [3.8, 4) is 0 Å². The highest BCUT2D eigenvalue weighted by Gasteiger charge is 2.03. The molecule has 0 heterocycles. The van der Waals surface area contributed by atoms with Crippen LogP contribution in [0.4, 0.5) is 0 Å². The quantitative estimate of drug-likeness (QED) is 0.359. The second kappa shape index (κ2) is 8.20. The molecule has 0 radical (unpaired) electrons. The molecule has 3 nitrogen and oxygen atoms in total. The van der Waals surface area contributed by atoms with E-state index in [0.29, 0.717) is 18.7 Å². The van der Waals surface area contributed by atoms with Gasteiger partial charge in [-0.2, -0.15) is 0 Å². The minimum Gasteiger partial charge on any atom is -0.330 e. The molecule has 0 atom stereocenters. The molecular formula is C9H17ClN2O. The van der Waals surface area contributed by atoms with E-state index in [0.717, 1.165) is 19.3 Å². The molecule has 0 saturated heterocycles. The number of Topliss-reactive ketones (excluding diaryl/α,β-unsaturated/α-hetero) is 1. The van der Waals surface area contributed by atoms with E-state index in [1.807, 2.05) is 0 Å². The first-order chi connectivity index (χ1) is 6.20. The lowest BCUT2D eigenvalue weighted by molar-refractivity contribution is -0.115. The molecule has 0 saturated carbocycles. The van der Waals surface area contributed by atoms with Gasteiger partial charge in [0.25, 0.3) is 0 Å². The van der Waals surface area contributed by atoms with Crippen LogP contribution in [0.5, 0.6) is 0 Å². The topological polar surface area (TPSA) is 66.9 Å². The van der Waals surface area contributed by atoms with Gasteiger partial charge >= 0.3 is 0 Å². The van der Waals surface area contributed by atoms with Gasteiger partial charge < -0.3 is 11.1 Å². The van der Waals surface area contributed by atoms with Gasteiger partial charge in [0, 0.05) is 12.1 Å². The number of carbonyl (C=O) groups excluding carboxylic acids is 1. The van der Waals surface area contributed by atoms with E-state index in [2.05, 4.69) is 0 Å². The summed E-state index contributed by atoms with van der Waals surface area (Å²) in [7, 11) is 0. The fourth-order valence-electron chi connectivity index (χ4n) is 1.03. The van der Waals surface area contributed by atoms with Crippen molar-refractivity contribution in [1.29, 1.82) is 5.41 Å². The third kappa shape index (κ3) is 7.94. The first-order valence-electron chi connectivity index (χ1n) is 4.54. The van der Waals surface area contributed by atoms with Crippen LogP contribution in [0.25, 0.3) is 0 Å². The second-order valence-corrected chi connectivity index (χ2v) is 3.32. The van der Waals surface area contributed by atoms with Crippen molar-refractivity contribution in [2.75, 3.05) is 12.4 Å². The summed E-state index contributed by atoms with van der Waals surface area (Å²) < 4.78 is 0. The Morgan fingerprint density at radius 2 is 2.00 bits per heavy atom. The first-order valence-corrected chi connectivity index (χ1v) is 5.08. The summed E-state index contributed by atoms with van der Waals surface area (Å²) >= 11 is 5.32. The normalized spacial score (nSPS) is 10.0. The third-order valence-electron chi connectivity index (χ3n) is 1.74. The number of hydrogen-bond donors (Lipinski definition) is 2. The van der Waals surface area contributed by atoms with Gasteiger partial charge in [-0.1, -0.05) is 6.42 Å². The number of alkyl halides is 1. The molecule has 3 N–H and O–H groups in total. The SMILES string of the molecule is N=C(CCCCCN)CC(=O)CCl. The molecule has 0 spiro atoms. The molecule has 76 valence electrons. The van der Waals surface area contributed by atoms with Crippen molar-refractivity contribution in [3.05, 3.63) is 0 Å². The zero-order valence-electron chi connectivity index (χ0n) is 7.81. The van der Waals surface area contributed by atoms with Crippen molar-refractivity contribution in [3.63, 3.8) is 0 Å². The fourth-order valence-corrected chi connectivity index (χ4v) is 1.13. The largest absolute Gasteiger partial charge is 0.330 e. The minimum absolute atomic E-state index is 0.0190. The average Bonchev–Trinajstić information content (AvgIpc) is 2.12. The molecule has 0 aromatic carbocycles. The van der Waals surface area contributed by atoms with Crippen LogP contribution >= 0.6 is 11.6 Å². The summed E-state index contributed by atoms with van der Waals surface area (Å²) in [6, 6.07) is 0. The van der Waals surface area contributed by atoms with Crippen LogP contribution in [0.3, 0.4) is 0 Å². The number of rotatable bonds is 8. The van der Waals surface area contributed by atoms with Crippen LogP contribution in [0.15, 0.2) is 0 Å². The van der Waals surface area contributed by atoms with E-state index < -0.39 is 0 Å². The van der Waals surface area contributed by atoms with E-state index in [1.165, 1.54) is 0 Å². The molecule has 0 aromatic rings. The summed E-state index contributed by atoms with van der Waals surface area (Å²) in [5.41, 5.74) is 5.81. The molecule has 0 bridgehead atoms. The number of unbranched alkanes of at least 4 members (excludes halogenated alkanes) is 2. The van der Waals surface area contributed by atoms with Gasteiger partial charge in [-0.15, -0.1) is 11.6 Å². The van der Waals surface area contributed by atoms with Gasteiger partial charge in [-0.25, -0.2) is 0 Å². The number of ketones is 1. The number of nitrogens with one attached hydrogen (secondary N) is 1. The lowest BCUT2D eigenvalue weighted by atomic mass is 10.1. The highest BCUT2D eigenvalue weighted by molar-refractivity contribution is 6.29. The van der Waals surface area contributed by atoms with Crippen LogP contribution in [0, 0.1) is 5.41 Å². The molecule has 0 aliphatic carbocycles. The summed E-state index contributed by atoms with van der Waals surface area (Å²) in [5.74, 6) is -0.0453. The molecule has 0 unspecified atom stereocenters. The van der Waals surface area contributed by atoms with E-state index in [4.69, 9.17) is 22.7 Å². The molecule has 0 aliphatic rings. The Morgan fingerprint density at radius 1 is 1.31 bits per heavy atom. The lowest BCUT2D eigenvalue weighted by Crippen LogP contribution is -2.08. The molecule has 13 heavy (non-hydrogen) atoms. The van der Waals surface area contributed by atoms with Crippen LogP contribution in [-0.4, -0.2) is 23.9 Å². The van der Waals surface area contributed by atoms with Crippen LogP contribution in [0.2, 0.25) is 0 Å². The number of nitrogens with two attached hydrogens (primary N) is 1. The summed E-state index contributed by atoms with van der Waals surface area (Å²) in [5, 5.41) is 7.45. The highest BCUT2D eigenvalue weighted by atomic mass is 35.5. The number of carbonyl (C=O) groups is 1. The smallest absolute Gasteiger partial charge is 0.153 e. The van der Waals surface area contributed by atoms with Crippen molar-refractivity contribution in [1.82, 2.24) is 0 Å². The van der Waals surface area contributed by atoms with Crippen molar-refractivity contribution in [2.24, 2.45) is 5.73 Å². The number of hydrogen-bond acceptors (Lipinski definition) is 3. The Kier molecular flexibility index (Phi) is 7.94. The zero-order chi connectivity index (χ0) is 10.1. The Bertz CT molecular complexity index is 171. The maximum atomic E-state index is 10.8. The van der Waals surface area contributed by atoms with E-state index >= 15 is 0 Å². The van der Waals surface area contributed by atoms with Gasteiger partial charge in [-0.3, -0.25) is 4.79 Å². The molecule has 0 amide bonds.